The first-order valence-corrected chi connectivity index (χ1v) is 9.75. The number of hydrogen-bond donors (Lipinski definition) is 2. The van der Waals surface area contributed by atoms with Crippen LogP contribution in [0.1, 0.15) is 96.8 Å². The first-order valence-electron chi connectivity index (χ1n) is 9.75. The third-order valence-electron chi connectivity index (χ3n) is 4.78. The summed E-state index contributed by atoms with van der Waals surface area (Å²) in [6.07, 6.45) is 12.9. The van der Waals surface area contributed by atoms with Gasteiger partial charge in [0.2, 0.25) is 0 Å². The van der Waals surface area contributed by atoms with E-state index in [9.17, 15) is 19.8 Å². The molecule has 0 aromatic heterocycles. The maximum atomic E-state index is 12.1. The minimum absolute atomic E-state index is 0.143. The van der Waals surface area contributed by atoms with Crippen LogP contribution in [0.5, 0.6) is 0 Å². The lowest BCUT2D eigenvalue weighted by atomic mass is 9.89. The van der Waals surface area contributed by atoms with Crippen molar-refractivity contribution in [2.75, 3.05) is 0 Å². The molecule has 0 amide bonds. The Labute approximate surface area is 146 Å². The molecule has 0 aliphatic heterocycles. The molecule has 1 rings (SSSR count). The monoisotopic (exact) mass is 338 g/mol. The number of ketones is 2. The van der Waals surface area contributed by atoms with Crippen LogP contribution in [-0.2, 0) is 9.59 Å². The van der Waals surface area contributed by atoms with Crippen LogP contribution in [0.4, 0.5) is 0 Å². The first-order chi connectivity index (χ1) is 11.6. The molecule has 0 fully saturated rings. The van der Waals surface area contributed by atoms with E-state index in [1.165, 1.54) is 51.4 Å². The van der Waals surface area contributed by atoms with Gasteiger partial charge in [0, 0.05) is 12.8 Å². The van der Waals surface area contributed by atoms with Crippen LogP contribution in [-0.4, -0.2) is 27.9 Å². The number of aliphatic hydroxyl groups excluding tert-OH is 2. The lowest BCUT2D eigenvalue weighted by Gasteiger charge is -2.18. The molecule has 1 atom stereocenters. The van der Waals surface area contributed by atoms with Gasteiger partial charge in [-0.1, -0.05) is 71.1 Å². The van der Waals surface area contributed by atoms with Crippen molar-refractivity contribution in [2.24, 2.45) is 0 Å². The van der Waals surface area contributed by atoms with Crippen molar-refractivity contribution >= 4 is 11.6 Å². The smallest absolute Gasteiger partial charge is 0.170 e. The van der Waals surface area contributed by atoms with Crippen LogP contribution >= 0.6 is 0 Å². The predicted octanol–water partition coefficient (Wildman–Crippen LogP) is 4.79. The van der Waals surface area contributed by atoms with Gasteiger partial charge in [-0.3, -0.25) is 9.59 Å². The highest BCUT2D eigenvalue weighted by Crippen LogP contribution is 2.23. The Kier molecular flexibility index (Phi) is 10.6. The van der Waals surface area contributed by atoms with E-state index in [-0.39, 0.29) is 36.4 Å². The summed E-state index contributed by atoms with van der Waals surface area (Å²) in [5.41, 5.74) is -0.152. The summed E-state index contributed by atoms with van der Waals surface area (Å²) in [4.78, 5) is 23.8. The van der Waals surface area contributed by atoms with Gasteiger partial charge in [0.15, 0.2) is 11.6 Å². The van der Waals surface area contributed by atoms with E-state index in [1.807, 2.05) is 0 Å². The van der Waals surface area contributed by atoms with E-state index in [0.717, 1.165) is 19.3 Å². The molecule has 0 aromatic carbocycles. The van der Waals surface area contributed by atoms with Gasteiger partial charge in [-0.15, -0.1) is 0 Å². The Balaban J connectivity index is 2.08. The second kappa shape index (κ2) is 12.2. The molecule has 0 radical (unpaired) electrons. The zero-order chi connectivity index (χ0) is 17.8. The van der Waals surface area contributed by atoms with Crippen molar-refractivity contribution in [3.8, 4) is 0 Å². The van der Waals surface area contributed by atoms with Gasteiger partial charge in [0.1, 0.15) is 17.4 Å². The van der Waals surface area contributed by atoms with Crippen LogP contribution in [0, 0.1) is 0 Å². The van der Waals surface area contributed by atoms with Crippen molar-refractivity contribution in [1.82, 2.24) is 0 Å². The predicted molar refractivity (Wildman–Crippen MR) is 96.0 cm³/mol. The fourth-order valence-corrected chi connectivity index (χ4v) is 3.21. The summed E-state index contributed by atoms with van der Waals surface area (Å²) >= 11 is 0. The largest absolute Gasteiger partial charge is 0.509 e. The van der Waals surface area contributed by atoms with Crippen LogP contribution in [0.25, 0.3) is 0 Å². The summed E-state index contributed by atoms with van der Waals surface area (Å²) in [5, 5.41) is 19.3. The number of aliphatic hydroxyl groups is 2. The maximum absolute atomic E-state index is 12.1. The van der Waals surface area contributed by atoms with Crippen molar-refractivity contribution in [3.05, 3.63) is 11.3 Å². The third-order valence-corrected chi connectivity index (χ3v) is 4.78. The molecule has 1 aliphatic carbocycles. The van der Waals surface area contributed by atoms with Crippen molar-refractivity contribution in [2.45, 2.75) is 103 Å². The van der Waals surface area contributed by atoms with E-state index >= 15 is 0 Å². The third kappa shape index (κ3) is 7.61. The van der Waals surface area contributed by atoms with Crippen molar-refractivity contribution in [1.29, 1.82) is 0 Å². The number of carbonyl (C=O) groups is 2. The van der Waals surface area contributed by atoms with Gasteiger partial charge < -0.3 is 10.2 Å². The molecular weight excluding hydrogens is 304 g/mol. The highest BCUT2D eigenvalue weighted by molar-refractivity contribution is 6.21. The zero-order valence-electron chi connectivity index (χ0n) is 15.2. The van der Waals surface area contributed by atoms with Gasteiger partial charge in [0.25, 0.3) is 0 Å². The van der Waals surface area contributed by atoms with Crippen LogP contribution in [0.3, 0.4) is 0 Å². The number of Topliss-reactive ketones (excluding diaryl/α,β-unsaturated/α-hetero) is 2. The first kappa shape index (κ1) is 20.9. The Morgan fingerprint density at radius 2 is 1.46 bits per heavy atom. The van der Waals surface area contributed by atoms with E-state index in [0.29, 0.717) is 0 Å². The standard InChI is InChI=1S/C20H34O4/c1-2-3-4-5-6-7-8-9-10-11-12-13-16(21)19-17(22)14-15-18(23)20(19)24/h18,23-24H,2-15H2,1H3. The Hall–Kier alpha value is -1.16. The van der Waals surface area contributed by atoms with E-state index in [2.05, 4.69) is 6.92 Å². The minimum atomic E-state index is -1.06. The summed E-state index contributed by atoms with van der Waals surface area (Å²) in [6.45, 7) is 2.23. The van der Waals surface area contributed by atoms with Crippen molar-refractivity contribution in [3.63, 3.8) is 0 Å². The number of rotatable bonds is 13. The van der Waals surface area contributed by atoms with Gasteiger partial charge in [-0.05, 0) is 12.8 Å². The van der Waals surface area contributed by atoms with Crippen LogP contribution in [0.2, 0.25) is 0 Å². The van der Waals surface area contributed by atoms with E-state index < -0.39 is 11.9 Å². The fraction of sp³-hybridized carbons (Fsp3) is 0.800. The molecule has 0 spiro atoms. The number of unbranched alkanes of at least 4 members (excludes halogenated alkanes) is 10. The van der Waals surface area contributed by atoms with Crippen LogP contribution < -0.4 is 0 Å². The van der Waals surface area contributed by atoms with Gasteiger partial charge in [0.05, 0.1) is 0 Å². The SMILES string of the molecule is CCCCCCCCCCCCCC(=O)C1=C(O)C(O)CCC1=O. The summed E-state index contributed by atoms with van der Waals surface area (Å²) in [6, 6.07) is 0. The lowest BCUT2D eigenvalue weighted by Crippen LogP contribution is -2.27. The maximum Gasteiger partial charge on any atom is 0.170 e. The lowest BCUT2D eigenvalue weighted by molar-refractivity contribution is -0.123. The van der Waals surface area contributed by atoms with Gasteiger partial charge in [-0.25, -0.2) is 0 Å². The molecule has 1 unspecified atom stereocenters. The Morgan fingerprint density at radius 3 is 2.00 bits per heavy atom. The molecule has 1 aliphatic rings. The zero-order valence-corrected chi connectivity index (χ0v) is 15.2. The summed E-state index contributed by atoms with van der Waals surface area (Å²) in [7, 11) is 0. The molecule has 138 valence electrons. The van der Waals surface area contributed by atoms with Crippen LogP contribution in [0.15, 0.2) is 11.3 Å². The minimum Gasteiger partial charge on any atom is -0.509 e. The van der Waals surface area contributed by atoms with E-state index in [1.54, 1.807) is 0 Å². The number of hydrogen-bond acceptors (Lipinski definition) is 4. The number of allylic oxidation sites excluding steroid dienone is 1. The molecule has 0 heterocycles. The molecule has 0 aromatic rings. The normalized spacial score (nSPS) is 18.2. The second-order valence-corrected chi connectivity index (χ2v) is 6.95. The molecule has 4 nitrogen and oxygen atoms in total. The fourth-order valence-electron chi connectivity index (χ4n) is 3.21. The number of carbonyl (C=O) groups excluding carboxylic acids is 2. The van der Waals surface area contributed by atoms with Gasteiger partial charge >= 0.3 is 0 Å². The second-order valence-electron chi connectivity index (χ2n) is 6.95. The van der Waals surface area contributed by atoms with Crippen molar-refractivity contribution < 1.29 is 19.8 Å². The highest BCUT2D eigenvalue weighted by atomic mass is 16.3. The molecule has 2 N–H and O–H groups in total. The Morgan fingerprint density at radius 1 is 0.958 bits per heavy atom. The topological polar surface area (TPSA) is 74.6 Å². The summed E-state index contributed by atoms with van der Waals surface area (Å²) < 4.78 is 0. The summed E-state index contributed by atoms with van der Waals surface area (Å²) in [5.74, 6) is -1.06. The average molecular weight is 338 g/mol. The average Bonchev–Trinajstić information content (AvgIpc) is 2.56. The quantitative estimate of drug-likeness (QED) is 0.374. The molecule has 0 bridgehead atoms. The molecule has 4 heteroatoms. The van der Waals surface area contributed by atoms with E-state index in [4.69, 9.17) is 0 Å². The highest BCUT2D eigenvalue weighted by Gasteiger charge is 2.30. The Bertz CT molecular complexity index is 425. The molecule has 24 heavy (non-hydrogen) atoms. The molecule has 0 saturated carbocycles. The molecule has 0 saturated heterocycles. The molecular formula is C20H34O4. The van der Waals surface area contributed by atoms with Gasteiger partial charge in [-0.2, -0.15) is 0 Å².